The zero-order chi connectivity index (χ0) is 26.4. The first kappa shape index (κ1) is 27.7. The summed E-state index contributed by atoms with van der Waals surface area (Å²) in [6.07, 6.45) is 6.09. The second-order valence-corrected chi connectivity index (χ2v) is 13.6. The van der Waals surface area contributed by atoms with Gasteiger partial charge in [-0.2, -0.15) is 0 Å². The van der Waals surface area contributed by atoms with Crippen LogP contribution in [0.4, 0.5) is 0 Å². The smallest absolute Gasteiger partial charge is 0.309 e. The summed E-state index contributed by atoms with van der Waals surface area (Å²) in [4.78, 5) is 16.2. The lowest BCUT2D eigenvalue weighted by Gasteiger charge is -2.55. The zero-order valence-electron chi connectivity index (χ0n) is 23.3. The minimum Gasteiger partial charge on any atom is -0.465 e. The molecule has 1 aliphatic heterocycles. The first-order valence-corrected chi connectivity index (χ1v) is 14.6. The molecule has 2 N–H and O–H groups in total. The van der Waals surface area contributed by atoms with Gasteiger partial charge >= 0.3 is 5.97 Å². The summed E-state index contributed by atoms with van der Waals surface area (Å²) in [5.41, 5.74) is 8.90. The van der Waals surface area contributed by atoms with E-state index in [-0.39, 0.29) is 40.6 Å². The average molecular weight is 504 g/mol. The van der Waals surface area contributed by atoms with Crippen molar-refractivity contribution in [3.63, 3.8) is 0 Å². The molecule has 0 unspecified atom stereocenters. The molecular formula is C29H49N3O4. The minimum absolute atomic E-state index is 0.0234. The van der Waals surface area contributed by atoms with Crippen molar-refractivity contribution in [2.45, 2.75) is 111 Å². The number of esters is 1. The molecule has 0 aromatic heterocycles. The number of azide groups is 1. The first-order chi connectivity index (χ1) is 17.0. The Labute approximate surface area is 217 Å². The fourth-order valence-corrected chi connectivity index (χ4v) is 9.73. The largest absolute Gasteiger partial charge is 0.465 e. The van der Waals surface area contributed by atoms with Gasteiger partial charge in [0.25, 0.3) is 0 Å². The molecule has 3 saturated carbocycles. The van der Waals surface area contributed by atoms with Gasteiger partial charge < -0.3 is 14.9 Å². The second-order valence-electron chi connectivity index (χ2n) is 13.6. The van der Waals surface area contributed by atoms with Gasteiger partial charge in [-0.15, -0.1) is 0 Å². The Morgan fingerprint density at radius 3 is 2.36 bits per heavy atom. The summed E-state index contributed by atoms with van der Waals surface area (Å²) < 4.78 is 5.98. The summed E-state index contributed by atoms with van der Waals surface area (Å²) in [7, 11) is 0. The maximum absolute atomic E-state index is 13.2. The van der Waals surface area contributed by atoms with Crippen LogP contribution in [0, 0.1) is 58.2 Å². The summed E-state index contributed by atoms with van der Waals surface area (Å²) in [5, 5.41) is 26.4. The normalized spacial score (nSPS) is 43.6. The fourth-order valence-electron chi connectivity index (χ4n) is 9.73. The molecule has 36 heavy (non-hydrogen) atoms. The first-order valence-electron chi connectivity index (χ1n) is 14.6. The minimum atomic E-state index is -0.722. The van der Waals surface area contributed by atoms with Crippen molar-refractivity contribution in [1.82, 2.24) is 0 Å². The molecule has 1 heterocycles. The van der Waals surface area contributed by atoms with Crippen molar-refractivity contribution >= 4 is 5.97 Å². The molecule has 0 radical (unpaired) electrons. The summed E-state index contributed by atoms with van der Waals surface area (Å²) in [5.74, 6) is 1.71. The van der Waals surface area contributed by atoms with Crippen LogP contribution in [0.25, 0.3) is 10.4 Å². The number of aliphatic hydroxyl groups excluding tert-OH is 2. The Kier molecular flexibility index (Phi) is 8.05. The maximum Gasteiger partial charge on any atom is 0.309 e. The van der Waals surface area contributed by atoms with Crippen molar-refractivity contribution < 1.29 is 19.7 Å². The number of hydrogen-bond donors (Lipinski definition) is 2. The van der Waals surface area contributed by atoms with Crippen molar-refractivity contribution in [3.8, 4) is 0 Å². The van der Waals surface area contributed by atoms with Crippen LogP contribution in [0.2, 0.25) is 0 Å². The highest BCUT2D eigenvalue weighted by molar-refractivity contribution is 5.74. The molecule has 204 valence electrons. The molecule has 4 rings (SSSR count). The van der Waals surface area contributed by atoms with Crippen LogP contribution in [0.5, 0.6) is 0 Å². The van der Waals surface area contributed by atoms with Gasteiger partial charge in [0.2, 0.25) is 0 Å². The predicted molar refractivity (Wildman–Crippen MR) is 140 cm³/mol. The van der Waals surface area contributed by atoms with Gasteiger partial charge in [-0.25, -0.2) is 0 Å². The molecule has 0 spiro atoms. The van der Waals surface area contributed by atoms with E-state index >= 15 is 0 Å². The zero-order valence-corrected chi connectivity index (χ0v) is 23.3. The van der Waals surface area contributed by atoms with Crippen molar-refractivity contribution in [2.24, 2.45) is 63.3 Å². The quantitative estimate of drug-likeness (QED) is 0.188. The molecule has 3 aliphatic carbocycles. The van der Waals surface area contributed by atoms with Gasteiger partial charge in [-0.05, 0) is 103 Å². The Hall–Kier alpha value is -1.30. The summed E-state index contributed by atoms with van der Waals surface area (Å²) in [6.45, 7) is 13.7. The van der Waals surface area contributed by atoms with E-state index in [9.17, 15) is 15.0 Å². The Bertz CT molecular complexity index is 859. The van der Waals surface area contributed by atoms with Crippen LogP contribution < -0.4 is 0 Å². The van der Waals surface area contributed by atoms with Crippen LogP contribution in [-0.2, 0) is 9.53 Å². The number of aliphatic hydroxyl groups is 2. The fraction of sp³-hybridized carbons (Fsp3) is 0.966. The Balaban J connectivity index is 1.55. The van der Waals surface area contributed by atoms with E-state index in [2.05, 4.69) is 51.6 Å². The van der Waals surface area contributed by atoms with E-state index in [4.69, 9.17) is 10.3 Å². The monoisotopic (exact) mass is 503 g/mol. The summed E-state index contributed by atoms with van der Waals surface area (Å²) in [6, 6.07) is -0.117. The molecule has 1 saturated heterocycles. The Morgan fingerprint density at radius 2 is 1.72 bits per heavy atom. The van der Waals surface area contributed by atoms with Crippen LogP contribution in [-0.4, -0.2) is 41.0 Å². The molecule has 4 aliphatic rings. The third kappa shape index (κ3) is 4.47. The molecule has 4 fully saturated rings. The highest BCUT2D eigenvalue weighted by atomic mass is 16.5. The highest BCUT2D eigenvalue weighted by Gasteiger charge is 2.62. The van der Waals surface area contributed by atoms with Crippen molar-refractivity contribution in [2.75, 3.05) is 6.61 Å². The third-order valence-electron chi connectivity index (χ3n) is 11.9. The maximum atomic E-state index is 13.2. The van der Waals surface area contributed by atoms with Crippen LogP contribution in [0.1, 0.15) is 92.9 Å². The van der Waals surface area contributed by atoms with Crippen molar-refractivity contribution in [3.05, 3.63) is 10.4 Å². The van der Waals surface area contributed by atoms with Gasteiger partial charge in [-0.3, -0.25) is 4.79 Å². The molecule has 0 aromatic rings. The van der Waals surface area contributed by atoms with E-state index in [0.717, 1.165) is 44.9 Å². The molecule has 0 amide bonds. The van der Waals surface area contributed by atoms with Crippen LogP contribution in [0.3, 0.4) is 0 Å². The standard InChI is InChI=1S/C29H49N3O4/c1-7-19(16(2)3)26(34)25(33)17(4)21-8-9-22-20-15-36-27(35)24-14-18(31-32-30)10-12-29(24,6)23(20)11-13-28(21,22)5/h16-26,33-34H,7-15H2,1-6H3/t17-,18+,19-,20-,21+,22-,23-,24+,25-,26-,28+,29+/m0/s1. The number of hydrogen-bond acceptors (Lipinski definition) is 5. The van der Waals surface area contributed by atoms with Crippen LogP contribution >= 0.6 is 0 Å². The molecule has 0 aromatic carbocycles. The molecule has 0 bridgehead atoms. The molecule has 7 nitrogen and oxygen atoms in total. The number of carbonyl (C=O) groups excluding carboxylic acids is 1. The van der Waals surface area contributed by atoms with Gasteiger partial charge in [-0.1, -0.05) is 53.1 Å². The van der Waals surface area contributed by atoms with E-state index in [0.29, 0.717) is 42.6 Å². The van der Waals surface area contributed by atoms with Crippen LogP contribution in [0.15, 0.2) is 5.11 Å². The topological polar surface area (TPSA) is 116 Å². The summed E-state index contributed by atoms with van der Waals surface area (Å²) >= 11 is 0. The number of nitrogens with zero attached hydrogens (tertiary/aromatic N) is 3. The van der Waals surface area contributed by atoms with Crippen molar-refractivity contribution in [1.29, 1.82) is 0 Å². The van der Waals surface area contributed by atoms with Gasteiger partial charge in [0.05, 0.1) is 24.7 Å². The third-order valence-corrected chi connectivity index (χ3v) is 11.9. The predicted octanol–water partition coefficient (Wildman–Crippen LogP) is 6.13. The van der Waals surface area contributed by atoms with E-state index in [1.165, 1.54) is 0 Å². The van der Waals surface area contributed by atoms with E-state index in [1.807, 2.05) is 0 Å². The SMILES string of the molecule is CC[C@@H](C(C)C)[C@H](O)[C@@H](O)[C@@H](C)[C@H]1CC[C@H]2[C@@H]3COC(=O)[C@H]4C[C@H](N=[N+]=[N-])CC[C@]4(C)[C@H]3CC[C@]12C. The molecule has 7 heteroatoms. The van der Waals surface area contributed by atoms with Gasteiger partial charge in [0.15, 0.2) is 0 Å². The highest BCUT2D eigenvalue weighted by Crippen LogP contribution is 2.66. The van der Waals surface area contributed by atoms with Gasteiger partial charge in [0, 0.05) is 11.0 Å². The number of rotatable bonds is 7. The van der Waals surface area contributed by atoms with E-state index < -0.39 is 12.2 Å². The average Bonchev–Trinajstić information content (AvgIpc) is 3.14. The number of cyclic esters (lactones) is 1. The van der Waals surface area contributed by atoms with Gasteiger partial charge in [0.1, 0.15) is 0 Å². The second kappa shape index (κ2) is 10.5. The molecular weight excluding hydrogens is 454 g/mol. The lowest BCUT2D eigenvalue weighted by atomic mass is 9.48. The number of ether oxygens (including phenoxy) is 1. The lowest BCUT2D eigenvalue weighted by molar-refractivity contribution is -0.153. The van der Waals surface area contributed by atoms with E-state index in [1.54, 1.807) is 0 Å². The molecule has 12 atom stereocenters. The number of fused-ring (bicyclic) bond motifs is 5. The Morgan fingerprint density at radius 1 is 1.06 bits per heavy atom. The lowest BCUT2D eigenvalue weighted by Crippen LogP contribution is -2.52. The number of carbonyl (C=O) groups is 1.